The molecule has 1 heterocycles. The van der Waals surface area contributed by atoms with Gasteiger partial charge in [-0.1, -0.05) is 13.0 Å². The highest BCUT2D eigenvalue weighted by atomic mass is 79.9. The quantitative estimate of drug-likeness (QED) is 0.912. The van der Waals surface area contributed by atoms with Gasteiger partial charge in [0.05, 0.1) is 11.5 Å². The van der Waals surface area contributed by atoms with Crippen molar-refractivity contribution in [2.75, 3.05) is 6.54 Å². The van der Waals surface area contributed by atoms with Crippen molar-refractivity contribution in [2.45, 2.75) is 19.4 Å². The molecule has 0 saturated carbocycles. The van der Waals surface area contributed by atoms with Crippen molar-refractivity contribution < 1.29 is 4.39 Å². The van der Waals surface area contributed by atoms with Gasteiger partial charge in [0.2, 0.25) is 0 Å². The van der Waals surface area contributed by atoms with Gasteiger partial charge < -0.3 is 5.32 Å². The van der Waals surface area contributed by atoms with Gasteiger partial charge in [0.15, 0.2) is 5.82 Å². The zero-order valence-electron chi connectivity index (χ0n) is 10.8. The molecule has 1 aromatic heterocycles. The molecule has 0 saturated heterocycles. The molecule has 0 bridgehead atoms. The summed E-state index contributed by atoms with van der Waals surface area (Å²) < 4.78 is 14.1. The minimum atomic E-state index is -0.271. The number of hydrogen-bond donors (Lipinski definition) is 1. The molecule has 0 amide bonds. The summed E-state index contributed by atoms with van der Waals surface area (Å²) in [4.78, 5) is 1.42. The fraction of sp³-hybridized carbons (Fsp3) is 0.417. The predicted molar refractivity (Wildman–Crippen MR) is 73.0 cm³/mol. The van der Waals surface area contributed by atoms with Crippen LogP contribution in [0, 0.1) is 5.82 Å². The number of tetrazole rings is 1. The zero-order chi connectivity index (χ0) is 13.8. The Balaban J connectivity index is 2.21. The molecule has 2 rings (SSSR count). The average Bonchev–Trinajstić information content (AvgIpc) is 2.78. The lowest BCUT2D eigenvalue weighted by Crippen LogP contribution is -2.23. The van der Waals surface area contributed by atoms with Crippen molar-refractivity contribution >= 4 is 15.9 Å². The van der Waals surface area contributed by atoms with Crippen LogP contribution in [0.3, 0.4) is 0 Å². The van der Waals surface area contributed by atoms with Gasteiger partial charge in [-0.25, -0.2) is 4.39 Å². The molecule has 1 atom stereocenters. The summed E-state index contributed by atoms with van der Waals surface area (Å²) in [5, 5.41) is 15.2. The Morgan fingerprint density at radius 2 is 2.26 bits per heavy atom. The topological polar surface area (TPSA) is 55.6 Å². The molecule has 1 aromatic carbocycles. The van der Waals surface area contributed by atoms with Crippen LogP contribution in [0.15, 0.2) is 22.7 Å². The third kappa shape index (κ3) is 3.57. The molecule has 0 aliphatic rings. The summed E-state index contributed by atoms with van der Waals surface area (Å²) in [7, 11) is 1.72. The largest absolute Gasteiger partial charge is 0.310 e. The standard InChI is InChI=1S/C12H15BrFN5/c1-3-15-11(7-12-16-18-19(2)17-12)8-4-5-9(13)10(14)6-8/h4-6,11,15H,3,7H2,1-2H3. The average molecular weight is 328 g/mol. The number of rotatable bonds is 5. The third-order valence-electron chi connectivity index (χ3n) is 2.73. The van der Waals surface area contributed by atoms with Crippen molar-refractivity contribution in [3.63, 3.8) is 0 Å². The first-order valence-corrected chi connectivity index (χ1v) is 6.80. The van der Waals surface area contributed by atoms with Gasteiger partial charge in [-0.2, -0.15) is 4.80 Å². The number of hydrogen-bond acceptors (Lipinski definition) is 4. The lowest BCUT2D eigenvalue weighted by Gasteiger charge is -2.17. The molecule has 1 N–H and O–H groups in total. The molecule has 0 aliphatic heterocycles. The zero-order valence-corrected chi connectivity index (χ0v) is 12.4. The Morgan fingerprint density at radius 1 is 1.47 bits per heavy atom. The van der Waals surface area contributed by atoms with Gasteiger partial charge >= 0.3 is 0 Å². The van der Waals surface area contributed by atoms with E-state index in [-0.39, 0.29) is 11.9 Å². The van der Waals surface area contributed by atoms with Crippen molar-refractivity contribution in [1.82, 2.24) is 25.5 Å². The van der Waals surface area contributed by atoms with Crippen LogP contribution in [0.2, 0.25) is 0 Å². The predicted octanol–water partition coefficient (Wildman–Crippen LogP) is 2.00. The highest BCUT2D eigenvalue weighted by Crippen LogP contribution is 2.22. The molecule has 0 aliphatic carbocycles. The first-order chi connectivity index (χ1) is 9.10. The second-order valence-electron chi connectivity index (χ2n) is 4.18. The maximum absolute atomic E-state index is 13.6. The second kappa shape index (κ2) is 6.21. The lowest BCUT2D eigenvalue weighted by molar-refractivity contribution is 0.528. The normalized spacial score (nSPS) is 12.6. The van der Waals surface area contributed by atoms with Crippen molar-refractivity contribution in [3.8, 4) is 0 Å². The number of nitrogens with one attached hydrogen (secondary N) is 1. The molecule has 2 aromatic rings. The van der Waals surface area contributed by atoms with Crippen LogP contribution >= 0.6 is 15.9 Å². The van der Waals surface area contributed by atoms with Crippen LogP contribution in [0.25, 0.3) is 0 Å². The summed E-state index contributed by atoms with van der Waals surface area (Å²) >= 11 is 3.15. The van der Waals surface area contributed by atoms with E-state index in [1.54, 1.807) is 13.1 Å². The summed E-state index contributed by atoms with van der Waals surface area (Å²) in [6.07, 6.45) is 0.572. The van der Waals surface area contributed by atoms with Crippen molar-refractivity contribution in [1.29, 1.82) is 0 Å². The van der Waals surface area contributed by atoms with E-state index >= 15 is 0 Å². The minimum absolute atomic E-state index is 0.0307. The number of likely N-dealkylation sites (N-methyl/N-ethyl adjacent to an activating group) is 1. The number of nitrogens with zero attached hydrogens (tertiary/aromatic N) is 4. The lowest BCUT2D eigenvalue weighted by atomic mass is 10.0. The molecular formula is C12H15BrFN5. The molecular weight excluding hydrogens is 313 g/mol. The number of aromatic nitrogens is 4. The molecule has 7 heteroatoms. The van der Waals surface area contributed by atoms with E-state index < -0.39 is 0 Å². The molecule has 5 nitrogen and oxygen atoms in total. The molecule has 102 valence electrons. The smallest absolute Gasteiger partial charge is 0.176 e. The molecule has 1 unspecified atom stereocenters. The first kappa shape index (κ1) is 14.1. The van der Waals surface area contributed by atoms with Crippen LogP contribution < -0.4 is 5.32 Å². The number of halogens is 2. The number of aryl methyl sites for hydroxylation is 1. The molecule has 19 heavy (non-hydrogen) atoms. The summed E-state index contributed by atoms with van der Waals surface area (Å²) in [6.45, 7) is 2.79. The van der Waals surface area contributed by atoms with E-state index in [0.29, 0.717) is 16.7 Å². The summed E-state index contributed by atoms with van der Waals surface area (Å²) in [5.74, 6) is 0.365. The van der Waals surface area contributed by atoms with Gasteiger partial charge in [-0.15, -0.1) is 10.2 Å². The Labute approximate surface area is 119 Å². The Hall–Kier alpha value is -1.34. The fourth-order valence-corrected chi connectivity index (χ4v) is 2.12. The van der Waals surface area contributed by atoms with E-state index in [1.807, 2.05) is 13.0 Å². The Kier molecular flexibility index (Phi) is 4.60. The number of benzene rings is 1. The van der Waals surface area contributed by atoms with E-state index in [9.17, 15) is 4.39 Å². The van der Waals surface area contributed by atoms with Crippen molar-refractivity contribution in [2.24, 2.45) is 7.05 Å². The Bertz CT molecular complexity index is 557. The minimum Gasteiger partial charge on any atom is -0.310 e. The Morgan fingerprint density at radius 3 is 2.84 bits per heavy atom. The van der Waals surface area contributed by atoms with Crippen LogP contribution in [0.1, 0.15) is 24.4 Å². The molecule has 0 spiro atoms. The van der Waals surface area contributed by atoms with E-state index in [1.165, 1.54) is 10.9 Å². The van der Waals surface area contributed by atoms with Crippen LogP contribution in [-0.2, 0) is 13.5 Å². The van der Waals surface area contributed by atoms with Gasteiger partial charge in [0, 0.05) is 12.5 Å². The van der Waals surface area contributed by atoms with Gasteiger partial charge in [-0.05, 0) is 45.4 Å². The van der Waals surface area contributed by atoms with E-state index in [2.05, 4.69) is 36.7 Å². The first-order valence-electron chi connectivity index (χ1n) is 6.01. The van der Waals surface area contributed by atoms with Crippen molar-refractivity contribution in [3.05, 3.63) is 39.9 Å². The van der Waals surface area contributed by atoms with Crippen LogP contribution in [-0.4, -0.2) is 26.8 Å². The maximum Gasteiger partial charge on any atom is 0.176 e. The highest BCUT2D eigenvalue weighted by Gasteiger charge is 2.15. The van der Waals surface area contributed by atoms with E-state index in [4.69, 9.17) is 0 Å². The molecule has 0 fully saturated rings. The highest BCUT2D eigenvalue weighted by molar-refractivity contribution is 9.10. The molecule has 0 radical (unpaired) electrons. The third-order valence-corrected chi connectivity index (χ3v) is 3.38. The SMILES string of the molecule is CCNC(Cc1nnn(C)n1)c1ccc(Br)c(F)c1. The fourth-order valence-electron chi connectivity index (χ4n) is 1.87. The maximum atomic E-state index is 13.6. The summed E-state index contributed by atoms with van der Waals surface area (Å²) in [5.41, 5.74) is 0.870. The van der Waals surface area contributed by atoms with Gasteiger partial charge in [0.25, 0.3) is 0 Å². The monoisotopic (exact) mass is 327 g/mol. The van der Waals surface area contributed by atoms with Gasteiger partial charge in [0.1, 0.15) is 5.82 Å². The second-order valence-corrected chi connectivity index (χ2v) is 5.04. The van der Waals surface area contributed by atoms with Crippen LogP contribution in [0.5, 0.6) is 0 Å². The van der Waals surface area contributed by atoms with Gasteiger partial charge in [-0.3, -0.25) is 0 Å². The van der Waals surface area contributed by atoms with E-state index in [0.717, 1.165) is 12.1 Å². The summed E-state index contributed by atoms with van der Waals surface area (Å²) in [6, 6.07) is 5.08. The van der Waals surface area contributed by atoms with Crippen LogP contribution in [0.4, 0.5) is 4.39 Å².